The Morgan fingerprint density at radius 3 is 2.05 bits per heavy atom. The number of nitrogens with one attached hydrogen (secondary N) is 4. The maximum Gasteiger partial charge on any atom is 0.312 e. The third kappa shape index (κ3) is 13.7. The monoisotopic (exact) mass is 533 g/mol. The quantitative estimate of drug-likeness (QED) is 0.157. The zero-order valence-electron chi connectivity index (χ0n) is 22.7. The van der Waals surface area contributed by atoms with Crippen LogP contribution in [0.15, 0.2) is 24.3 Å². The van der Waals surface area contributed by atoms with Crippen LogP contribution < -0.4 is 27.0 Å². The number of aliphatic hydroxyl groups is 1. The van der Waals surface area contributed by atoms with Gasteiger partial charge in [0.15, 0.2) is 0 Å². The van der Waals surface area contributed by atoms with E-state index in [1.54, 1.807) is 45.0 Å². The molecule has 0 bridgehead atoms. The van der Waals surface area contributed by atoms with Gasteiger partial charge in [0.05, 0.1) is 6.61 Å². The molecule has 0 aromatic heterocycles. The highest BCUT2D eigenvalue weighted by molar-refractivity contribution is 5.98. The normalized spacial score (nSPS) is 12.3. The van der Waals surface area contributed by atoms with E-state index < -0.39 is 29.9 Å². The van der Waals surface area contributed by atoms with Gasteiger partial charge in [-0.05, 0) is 56.2 Å². The average Bonchev–Trinajstić information content (AvgIpc) is 2.86. The number of carbonyl (C=O) groups is 5. The van der Waals surface area contributed by atoms with Gasteiger partial charge < -0.3 is 36.9 Å². The maximum atomic E-state index is 13.1. The van der Waals surface area contributed by atoms with Crippen molar-refractivity contribution in [1.29, 1.82) is 0 Å². The van der Waals surface area contributed by atoms with Crippen LogP contribution in [0.5, 0.6) is 0 Å². The van der Waals surface area contributed by atoms with Gasteiger partial charge in [0.25, 0.3) is 0 Å². The van der Waals surface area contributed by atoms with Crippen molar-refractivity contribution < 1.29 is 29.1 Å². The van der Waals surface area contributed by atoms with E-state index in [1.165, 1.54) is 0 Å². The molecule has 5 amide bonds. The van der Waals surface area contributed by atoms with Crippen molar-refractivity contribution in [1.82, 2.24) is 16.0 Å². The van der Waals surface area contributed by atoms with Crippen molar-refractivity contribution in [2.45, 2.75) is 90.8 Å². The molecule has 212 valence electrons. The van der Waals surface area contributed by atoms with Gasteiger partial charge in [0.1, 0.15) is 17.9 Å². The summed E-state index contributed by atoms with van der Waals surface area (Å²) in [6, 6.07) is 4.21. The molecule has 2 atom stereocenters. The number of carbonyl (C=O) groups excluding carboxylic acids is 5. The molecule has 0 unspecified atom stereocenters. The van der Waals surface area contributed by atoms with Crippen LogP contribution in [0.1, 0.15) is 77.7 Å². The summed E-state index contributed by atoms with van der Waals surface area (Å²) in [7, 11) is 0. The Hall–Kier alpha value is -3.47. The third-order valence-electron chi connectivity index (χ3n) is 5.95. The topological polar surface area (TPSA) is 180 Å². The fourth-order valence-corrected chi connectivity index (χ4v) is 3.76. The fourth-order valence-electron chi connectivity index (χ4n) is 3.76. The van der Waals surface area contributed by atoms with Gasteiger partial charge in [0.2, 0.25) is 17.7 Å². The van der Waals surface area contributed by atoms with Crippen molar-refractivity contribution in [3.8, 4) is 0 Å². The number of Topliss-reactive ketones (excluding diaryl/α,β-unsaturated/α-hetero) is 1. The molecule has 0 aliphatic carbocycles. The van der Waals surface area contributed by atoms with Crippen LogP contribution >= 0.6 is 0 Å². The molecular formula is C27H43N5O6. The van der Waals surface area contributed by atoms with Gasteiger partial charge >= 0.3 is 6.03 Å². The lowest BCUT2D eigenvalue weighted by atomic mass is 10.0. The van der Waals surface area contributed by atoms with Crippen LogP contribution in [0.25, 0.3) is 0 Å². The van der Waals surface area contributed by atoms with Crippen molar-refractivity contribution in [2.75, 3.05) is 11.9 Å². The Balaban J connectivity index is 2.76. The summed E-state index contributed by atoms with van der Waals surface area (Å²) in [5, 5.41) is 19.9. The first-order chi connectivity index (χ1) is 18.0. The Bertz CT molecular complexity index is 919. The van der Waals surface area contributed by atoms with Crippen LogP contribution in [-0.2, 0) is 25.8 Å². The largest absolute Gasteiger partial charge is 0.392 e. The molecule has 1 rings (SSSR count). The van der Waals surface area contributed by atoms with E-state index in [0.717, 1.165) is 19.3 Å². The van der Waals surface area contributed by atoms with Crippen LogP contribution in [0, 0.1) is 5.92 Å². The average molecular weight is 534 g/mol. The van der Waals surface area contributed by atoms with E-state index in [-0.39, 0.29) is 43.6 Å². The molecular weight excluding hydrogens is 490 g/mol. The molecule has 11 heteroatoms. The number of urea groups is 1. The molecule has 7 N–H and O–H groups in total. The fraction of sp³-hybridized carbons (Fsp3) is 0.593. The second kappa shape index (κ2) is 17.9. The molecule has 0 saturated carbocycles. The first kappa shape index (κ1) is 32.6. The molecule has 0 radical (unpaired) electrons. The summed E-state index contributed by atoms with van der Waals surface area (Å²) >= 11 is 0. The number of ketones is 1. The van der Waals surface area contributed by atoms with Gasteiger partial charge in [0, 0.05) is 25.1 Å². The predicted octanol–water partition coefficient (Wildman–Crippen LogP) is 2.12. The smallest absolute Gasteiger partial charge is 0.312 e. The van der Waals surface area contributed by atoms with Crippen LogP contribution in [0.4, 0.5) is 10.5 Å². The Morgan fingerprint density at radius 1 is 0.868 bits per heavy atom. The number of aliphatic hydroxyl groups excluding tert-OH is 1. The lowest BCUT2D eigenvalue weighted by Gasteiger charge is -2.25. The first-order valence-electron chi connectivity index (χ1n) is 13.2. The maximum absolute atomic E-state index is 13.1. The Kier molecular flexibility index (Phi) is 15.3. The van der Waals surface area contributed by atoms with Crippen molar-refractivity contribution in [3.05, 3.63) is 29.8 Å². The molecule has 0 fully saturated rings. The van der Waals surface area contributed by atoms with Crippen molar-refractivity contribution >= 4 is 35.2 Å². The zero-order chi connectivity index (χ0) is 28.5. The summed E-state index contributed by atoms with van der Waals surface area (Å²) in [6.45, 7) is 5.28. The number of hydrogen-bond acceptors (Lipinski definition) is 6. The number of benzene rings is 1. The van der Waals surface area contributed by atoms with Crippen LogP contribution in [0.2, 0.25) is 0 Å². The first-order valence-corrected chi connectivity index (χ1v) is 13.2. The van der Waals surface area contributed by atoms with Crippen molar-refractivity contribution in [2.24, 2.45) is 11.7 Å². The van der Waals surface area contributed by atoms with E-state index in [0.29, 0.717) is 30.5 Å². The number of amides is 5. The minimum Gasteiger partial charge on any atom is -0.392 e. The predicted molar refractivity (Wildman–Crippen MR) is 145 cm³/mol. The van der Waals surface area contributed by atoms with Gasteiger partial charge in [-0.1, -0.05) is 38.8 Å². The number of hydrogen-bond donors (Lipinski definition) is 6. The number of rotatable bonds is 18. The Morgan fingerprint density at radius 2 is 1.50 bits per heavy atom. The molecule has 1 aromatic rings. The second-order valence-corrected chi connectivity index (χ2v) is 9.74. The lowest BCUT2D eigenvalue weighted by molar-refractivity contribution is -0.132. The van der Waals surface area contributed by atoms with E-state index in [2.05, 4.69) is 21.3 Å². The summed E-state index contributed by atoms with van der Waals surface area (Å²) < 4.78 is 0. The summed E-state index contributed by atoms with van der Waals surface area (Å²) in [4.78, 5) is 60.6. The van der Waals surface area contributed by atoms with Gasteiger partial charge in [-0.15, -0.1) is 0 Å². The van der Waals surface area contributed by atoms with Crippen LogP contribution in [-0.4, -0.2) is 53.3 Å². The van der Waals surface area contributed by atoms with E-state index in [9.17, 15) is 29.1 Å². The molecule has 0 aliphatic heterocycles. The molecule has 0 aliphatic rings. The highest BCUT2D eigenvalue weighted by Gasteiger charge is 2.28. The van der Waals surface area contributed by atoms with E-state index in [1.807, 2.05) is 0 Å². The number of nitrogens with two attached hydrogens (primary N) is 1. The van der Waals surface area contributed by atoms with E-state index in [4.69, 9.17) is 5.73 Å². The summed E-state index contributed by atoms with van der Waals surface area (Å²) in [5.74, 6) is -1.24. The number of primary amides is 1. The second-order valence-electron chi connectivity index (χ2n) is 9.74. The minimum absolute atomic E-state index is 0.123. The molecule has 1 aromatic carbocycles. The number of anilines is 1. The minimum atomic E-state index is -0.922. The summed E-state index contributed by atoms with van der Waals surface area (Å²) in [6.07, 6.45) is 4.57. The highest BCUT2D eigenvalue weighted by Crippen LogP contribution is 2.12. The van der Waals surface area contributed by atoms with Gasteiger partial charge in [-0.25, -0.2) is 4.79 Å². The summed E-state index contributed by atoms with van der Waals surface area (Å²) in [5.41, 5.74) is 6.29. The molecule has 38 heavy (non-hydrogen) atoms. The van der Waals surface area contributed by atoms with Gasteiger partial charge in [-0.3, -0.25) is 14.4 Å². The molecule has 0 spiro atoms. The van der Waals surface area contributed by atoms with Crippen LogP contribution in [0.3, 0.4) is 0 Å². The Labute approximate surface area is 224 Å². The highest BCUT2D eigenvalue weighted by atomic mass is 16.3. The lowest BCUT2D eigenvalue weighted by Crippen LogP contribution is -2.54. The number of unbranched alkanes of at least 4 members (excludes halogenated alkanes) is 3. The van der Waals surface area contributed by atoms with Crippen molar-refractivity contribution in [3.63, 3.8) is 0 Å². The molecule has 0 heterocycles. The third-order valence-corrected chi connectivity index (χ3v) is 5.95. The zero-order valence-corrected chi connectivity index (χ0v) is 22.7. The van der Waals surface area contributed by atoms with Gasteiger partial charge in [-0.2, -0.15) is 0 Å². The molecule has 0 saturated heterocycles. The van der Waals surface area contributed by atoms with E-state index >= 15 is 0 Å². The standard InChI is InChI=1S/C27H43N5O6/c1-18(2)24(32-23(35)11-7-5-4-6-9-19(3)34)26(37)31-22(10-8-16-29-27(28)38)25(36)30-21-14-12-20(17-33)13-15-21/h12-15,18,22,24,33H,4-11,16-17H2,1-3H3,(H,30,36)(H,31,37)(H,32,35)(H3,28,29,38)/t22-,24-/m0/s1. The molecule has 11 nitrogen and oxygen atoms in total. The SMILES string of the molecule is CC(=O)CCCCCCC(=O)N[C@H](C(=O)N[C@@H](CCCNC(N)=O)C(=O)Nc1ccc(CO)cc1)C(C)C.